The summed E-state index contributed by atoms with van der Waals surface area (Å²) < 4.78 is 15.4. The molecule has 0 saturated heterocycles. The van der Waals surface area contributed by atoms with Gasteiger partial charge >= 0.3 is 0 Å². The van der Waals surface area contributed by atoms with Gasteiger partial charge in [0.2, 0.25) is 0 Å². The zero-order chi connectivity index (χ0) is 14.9. The number of carbonyl (C=O) groups is 1. The molecular formula is C16H13Br2FO. The fraction of sp³-hybridized carbons (Fsp3) is 0.188. The maximum absolute atomic E-state index is 13.8. The molecule has 0 aliphatic rings. The van der Waals surface area contributed by atoms with Crippen LogP contribution in [0.5, 0.6) is 0 Å². The average molecular weight is 400 g/mol. The lowest BCUT2D eigenvalue weighted by Gasteiger charge is -2.08. The highest BCUT2D eigenvalue weighted by atomic mass is 79.9. The normalized spacial score (nSPS) is 10.7. The lowest BCUT2D eigenvalue weighted by Crippen LogP contribution is -2.06. The van der Waals surface area contributed by atoms with Gasteiger partial charge in [0.25, 0.3) is 0 Å². The molecule has 0 heterocycles. The van der Waals surface area contributed by atoms with Gasteiger partial charge in [0, 0.05) is 20.9 Å². The lowest BCUT2D eigenvalue weighted by atomic mass is 9.99. The second-order valence-corrected chi connectivity index (χ2v) is 6.47. The van der Waals surface area contributed by atoms with Crippen LogP contribution in [0.4, 0.5) is 4.39 Å². The Morgan fingerprint density at radius 3 is 2.25 bits per heavy atom. The van der Waals surface area contributed by atoms with E-state index in [1.54, 1.807) is 12.1 Å². The molecule has 0 aliphatic heterocycles. The maximum atomic E-state index is 13.8. The van der Waals surface area contributed by atoms with Crippen LogP contribution in [0.3, 0.4) is 0 Å². The van der Waals surface area contributed by atoms with Gasteiger partial charge in [0.15, 0.2) is 5.78 Å². The summed E-state index contributed by atoms with van der Waals surface area (Å²) in [5, 5.41) is 0. The summed E-state index contributed by atoms with van der Waals surface area (Å²) in [7, 11) is 0. The molecule has 4 heteroatoms. The second-order valence-electron chi connectivity index (χ2n) is 4.76. The van der Waals surface area contributed by atoms with Crippen molar-refractivity contribution in [1.82, 2.24) is 0 Å². The van der Waals surface area contributed by atoms with Crippen molar-refractivity contribution in [2.75, 3.05) is 0 Å². The van der Waals surface area contributed by atoms with Crippen LogP contribution < -0.4 is 0 Å². The quantitative estimate of drug-likeness (QED) is 0.632. The minimum atomic E-state index is -0.363. The summed E-state index contributed by atoms with van der Waals surface area (Å²) in [6.07, 6.45) is 0.0691. The Morgan fingerprint density at radius 2 is 1.70 bits per heavy atom. The fourth-order valence-electron chi connectivity index (χ4n) is 2.05. The van der Waals surface area contributed by atoms with E-state index < -0.39 is 0 Å². The monoisotopic (exact) mass is 398 g/mol. The van der Waals surface area contributed by atoms with Gasteiger partial charge in [-0.25, -0.2) is 4.39 Å². The zero-order valence-corrected chi connectivity index (χ0v) is 14.3. The zero-order valence-electron chi connectivity index (χ0n) is 11.1. The molecule has 0 aromatic heterocycles. The van der Waals surface area contributed by atoms with Gasteiger partial charge in [0.05, 0.1) is 0 Å². The standard InChI is InChI=1S/C16H13Br2FO/c1-9-5-12(6-10(2)16(9)18)15(20)7-11-3-4-13(17)8-14(11)19/h3-6,8H,7H2,1-2H3. The first kappa shape index (κ1) is 15.4. The number of benzene rings is 2. The van der Waals surface area contributed by atoms with Crippen molar-refractivity contribution < 1.29 is 9.18 Å². The van der Waals surface area contributed by atoms with Crippen molar-refractivity contribution in [3.8, 4) is 0 Å². The number of rotatable bonds is 3. The van der Waals surface area contributed by atoms with Crippen molar-refractivity contribution in [2.24, 2.45) is 0 Å². The molecule has 0 fully saturated rings. The molecule has 104 valence electrons. The summed E-state index contributed by atoms with van der Waals surface area (Å²) in [6, 6.07) is 8.41. The molecule has 1 nitrogen and oxygen atoms in total. The maximum Gasteiger partial charge on any atom is 0.167 e. The van der Waals surface area contributed by atoms with Crippen molar-refractivity contribution >= 4 is 37.6 Å². The van der Waals surface area contributed by atoms with E-state index in [4.69, 9.17) is 0 Å². The Labute approximate surface area is 134 Å². The Morgan fingerprint density at radius 1 is 1.10 bits per heavy atom. The van der Waals surface area contributed by atoms with Crippen LogP contribution in [0.15, 0.2) is 39.3 Å². The predicted molar refractivity (Wildman–Crippen MR) is 85.8 cm³/mol. The van der Waals surface area contributed by atoms with E-state index in [9.17, 15) is 9.18 Å². The van der Waals surface area contributed by atoms with Crippen LogP contribution in [0.2, 0.25) is 0 Å². The summed E-state index contributed by atoms with van der Waals surface area (Å²) in [5.74, 6) is -0.441. The molecule has 0 amide bonds. The Bertz CT molecular complexity index is 657. The molecule has 2 rings (SSSR count). The van der Waals surface area contributed by atoms with Gasteiger partial charge in [-0.1, -0.05) is 37.9 Å². The van der Waals surface area contributed by atoms with E-state index in [0.29, 0.717) is 15.6 Å². The van der Waals surface area contributed by atoms with Crippen molar-refractivity contribution in [1.29, 1.82) is 0 Å². The van der Waals surface area contributed by atoms with Crippen molar-refractivity contribution in [3.63, 3.8) is 0 Å². The van der Waals surface area contributed by atoms with E-state index in [-0.39, 0.29) is 18.0 Å². The molecule has 20 heavy (non-hydrogen) atoms. The van der Waals surface area contributed by atoms with Crippen LogP contribution in [0.1, 0.15) is 27.0 Å². The van der Waals surface area contributed by atoms with E-state index in [0.717, 1.165) is 15.6 Å². The molecule has 0 aliphatic carbocycles. The Balaban J connectivity index is 2.28. The van der Waals surface area contributed by atoms with E-state index >= 15 is 0 Å². The number of Topliss-reactive ketones (excluding diaryl/α,β-unsaturated/α-hetero) is 1. The average Bonchev–Trinajstić information content (AvgIpc) is 2.38. The number of carbonyl (C=O) groups excluding carboxylic acids is 1. The topological polar surface area (TPSA) is 17.1 Å². The molecule has 0 bridgehead atoms. The second kappa shape index (κ2) is 6.19. The van der Waals surface area contributed by atoms with Crippen LogP contribution in [0.25, 0.3) is 0 Å². The van der Waals surface area contributed by atoms with Crippen LogP contribution in [-0.2, 0) is 6.42 Å². The summed E-state index contributed by atoms with van der Waals surface area (Å²) in [5.41, 5.74) is 3.04. The number of ketones is 1. The van der Waals surface area contributed by atoms with E-state index in [2.05, 4.69) is 31.9 Å². The highest BCUT2D eigenvalue weighted by Gasteiger charge is 2.13. The number of hydrogen-bond donors (Lipinski definition) is 0. The first-order chi connectivity index (χ1) is 9.38. The van der Waals surface area contributed by atoms with Gasteiger partial charge in [0.1, 0.15) is 5.82 Å². The number of halogens is 3. The van der Waals surface area contributed by atoms with Gasteiger partial charge in [-0.15, -0.1) is 0 Å². The predicted octanol–water partition coefficient (Wildman–Crippen LogP) is 5.39. The van der Waals surface area contributed by atoms with Crippen LogP contribution in [0, 0.1) is 19.7 Å². The molecule has 0 atom stereocenters. The molecule has 0 unspecified atom stereocenters. The van der Waals surface area contributed by atoms with Crippen LogP contribution >= 0.6 is 31.9 Å². The molecule has 0 radical (unpaired) electrons. The number of aryl methyl sites for hydroxylation is 2. The third-order valence-corrected chi connectivity index (χ3v) is 4.87. The molecule has 0 saturated carbocycles. The van der Waals surface area contributed by atoms with Crippen molar-refractivity contribution in [2.45, 2.75) is 20.3 Å². The highest BCUT2D eigenvalue weighted by molar-refractivity contribution is 9.10. The largest absolute Gasteiger partial charge is 0.294 e. The SMILES string of the molecule is Cc1cc(C(=O)Cc2ccc(Br)cc2F)cc(C)c1Br. The molecule has 2 aromatic carbocycles. The first-order valence-corrected chi connectivity index (χ1v) is 7.71. The van der Waals surface area contributed by atoms with Crippen molar-refractivity contribution in [3.05, 3.63) is 67.3 Å². The summed E-state index contributed by atoms with van der Waals surface area (Å²) in [6.45, 7) is 3.88. The third-order valence-electron chi connectivity index (χ3n) is 3.12. The highest BCUT2D eigenvalue weighted by Crippen LogP contribution is 2.24. The molecule has 2 aromatic rings. The van der Waals surface area contributed by atoms with Gasteiger partial charge in [-0.05, 0) is 54.8 Å². The number of hydrogen-bond acceptors (Lipinski definition) is 1. The molecule has 0 N–H and O–H groups in total. The first-order valence-electron chi connectivity index (χ1n) is 6.12. The van der Waals surface area contributed by atoms with E-state index in [1.807, 2.05) is 26.0 Å². The molecule has 0 spiro atoms. The molecular weight excluding hydrogens is 387 g/mol. The van der Waals surface area contributed by atoms with Gasteiger partial charge in [-0.2, -0.15) is 0 Å². The fourth-order valence-corrected chi connectivity index (χ4v) is 2.61. The summed E-state index contributed by atoms with van der Waals surface area (Å²) >= 11 is 6.68. The summed E-state index contributed by atoms with van der Waals surface area (Å²) in [4.78, 5) is 12.3. The smallest absolute Gasteiger partial charge is 0.167 e. The van der Waals surface area contributed by atoms with Crippen LogP contribution in [-0.4, -0.2) is 5.78 Å². The van der Waals surface area contributed by atoms with E-state index in [1.165, 1.54) is 6.07 Å². The van der Waals surface area contributed by atoms with Gasteiger partial charge < -0.3 is 0 Å². The van der Waals surface area contributed by atoms with Gasteiger partial charge in [-0.3, -0.25) is 4.79 Å². The Hall–Kier alpha value is -1.000. The third kappa shape index (κ3) is 3.36. The Kier molecular flexibility index (Phi) is 4.76. The minimum absolute atomic E-state index is 0.0691. The lowest BCUT2D eigenvalue weighted by molar-refractivity contribution is 0.0991. The minimum Gasteiger partial charge on any atom is -0.294 e.